The molecule has 4 heteroatoms. The Morgan fingerprint density at radius 3 is 2.56 bits per heavy atom. The summed E-state index contributed by atoms with van der Waals surface area (Å²) in [6.07, 6.45) is 8.87. The Kier molecular flexibility index (Phi) is 4.07. The molecule has 1 unspecified atom stereocenters. The smallest absolute Gasteiger partial charge is 0.0522 e. The first kappa shape index (κ1) is 13.6. The Balaban J connectivity index is 1.99. The van der Waals surface area contributed by atoms with Gasteiger partial charge in [0.25, 0.3) is 0 Å². The van der Waals surface area contributed by atoms with Gasteiger partial charge in [-0.1, -0.05) is 6.42 Å². The van der Waals surface area contributed by atoms with Gasteiger partial charge in [-0.2, -0.15) is 5.10 Å². The van der Waals surface area contributed by atoms with Crippen molar-refractivity contribution in [1.29, 1.82) is 0 Å². The van der Waals surface area contributed by atoms with Crippen molar-refractivity contribution in [3.05, 3.63) is 18.0 Å². The van der Waals surface area contributed by atoms with Crippen molar-refractivity contribution in [2.75, 3.05) is 13.1 Å². The fourth-order valence-corrected chi connectivity index (χ4v) is 2.79. The average Bonchev–Trinajstić information content (AvgIpc) is 2.76. The van der Waals surface area contributed by atoms with Crippen molar-refractivity contribution in [1.82, 2.24) is 14.7 Å². The summed E-state index contributed by atoms with van der Waals surface area (Å²) in [5.41, 5.74) is 7.74. The van der Waals surface area contributed by atoms with Gasteiger partial charge in [0.1, 0.15) is 0 Å². The van der Waals surface area contributed by atoms with Crippen LogP contribution < -0.4 is 5.73 Å². The molecule has 0 saturated carbocycles. The van der Waals surface area contributed by atoms with Crippen LogP contribution in [0.4, 0.5) is 0 Å². The predicted octanol–water partition coefficient (Wildman–Crippen LogP) is 1.55. The lowest BCUT2D eigenvalue weighted by atomic mass is 9.87. The van der Waals surface area contributed by atoms with Crippen LogP contribution in [0, 0.1) is 0 Å². The summed E-state index contributed by atoms with van der Waals surface area (Å²) in [6.45, 7) is 6.93. The van der Waals surface area contributed by atoms with Crippen LogP contribution in [0.5, 0.6) is 0 Å². The number of piperidine rings is 1. The van der Waals surface area contributed by atoms with Gasteiger partial charge in [0, 0.05) is 24.8 Å². The van der Waals surface area contributed by atoms with Crippen molar-refractivity contribution >= 4 is 0 Å². The fraction of sp³-hybridized carbons (Fsp3) is 0.786. The van der Waals surface area contributed by atoms with E-state index in [0.29, 0.717) is 0 Å². The molecule has 0 amide bonds. The molecule has 2 N–H and O–H groups in total. The first-order valence-electron chi connectivity index (χ1n) is 6.98. The van der Waals surface area contributed by atoms with Crippen molar-refractivity contribution < 1.29 is 0 Å². The molecular weight excluding hydrogens is 224 g/mol. The highest BCUT2D eigenvalue weighted by molar-refractivity contribution is 5.09. The second kappa shape index (κ2) is 5.41. The van der Waals surface area contributed by atoms with Crippen LogP contribution in [0.15, 0.2) is 12.4 Å². The van der Waals surface area contributed by atoms with E-state index >= 15 is 0 Å². The van der Waals surface area contributed by atoms with Gasteiger partial charge in [-0.05, 0) is 51.8 Å². The number of likely N-dealkylation sites (tertiary alicyclic amines) is 1. The minimum atomic E-state index is 0.0657. The van der Waals surface area contributed by atoms with Gasteiger partial charge in [0.05, 0.1) is 6.20 Å². The zero-order valence-corrected chi connectivity index (χ0v) is 11.9. The highest BCUT2D eigenvalue weighted by Crippen LogP contribution is 2.24. The zero-order valence-electron chi connectivity index (χ0n) is 11.9. The van der Waals surface area contributed by atoms with Crippen LogP contribution in [-0.2, 0) is 13.5 Å². The Bertz CT molecular complexity index is 377. The van der Waals surface area contributed by atoms with Gasteiger partial charge in [-0.25, -0.2) is 0 Å². The number of hydrogen-bond acceptors (Lipinski definition) is 3. The molecule has 1 aromatic heterocycles. The van der Waals surface area contributed by atoms with Crippen LogP contribution in [0.3, 0.4) is 0 Å². The van der Waals surface area contributed by atoms with Gasteiger partial charge in [0.15, 0.2) is 0 Å². The molecule has 1 aromatic rings. The molecule has 4 nitrogen and oxygen atoms in total. The average molecular weight is 250 g/mol. The van der Waals surface area contributed by atoms with E-state index in [9.17, 15) is 0 Å². The molecule has 0 aliphatic carbocycles. The van der Waals surface area contributed by atoms with Crippen LogP contribution in [0.1, 0.15) is 38.7 Å². The molecular formula is C14H26N4. The summed E-state index contributed by atoms with van der Waals surface area (Å²) < 4.78 is 1.84. The SMILES string of the molecule is Cn1cc(CC(N)C(C)(C)N2CCCCC2)cn1. The van der Waals surface area contributed by atoms with Crippen LogP contribution in [0.25, 0.3) is 0 Å². The van der Waals surface area contributed by atoms with Gasteiger partial charge in [-0.15, -0.1) is 0 Å². The summed E-state index contributed by atoms with van der Waals surface area (Å²) in [6, 6.07) is 0.153. The molecule has 1 atom stereocenters. The molecule has 102 valence electrons. The Morgan fingerprint density at radius 2 is 2.00 bits per heavy atom. The highest BCUT2D eigenvalue weighted by atomic mass is 15.2. The molecule has 18 heavy (non-hydrogen) atoms. The molecule has 1 aliphatic rings. The number of hydrogen-bond donors (Lipinski definition) is 1. The maximum absolute atomic E-state index is 6.44. The summed E-state index contributed by atoms with van der Waals surface area (Å²) in [5, 5.41) is 4.21. The standard InChI is InChI=1S/C14H26N4/c1-14(2,18-7-5-4-6-8-18)13(15)9-12-10-16-17(3)11-12/h10-11,13H,4-9,15H2,1-3H3. The van der Waals surface area contributed by atoms with E-state index in [4.69, 9.17) is 5.73 Å². The molecule has 1 saturated heterocycles. The zero-order chi connectivity index (χ0) is 13.2. The summed E-state index contributed by atoms with van der Waals surface area (Å²) in [4.78, 5) is 2.55. The Morgan fingerprint density at radius 1 is 1.33 bits per heavy atom. The lowest BCUT2D eigenvalue weighted by molar-refractivity contribution is 0.0731. The third kappa shape index (κ3) is 2.93. The number of nitrogens with two attached hydrogens (primary N) is 1. The van der Waals surface area contributed by atoms with Gasteiger partial charge in [-0.3, -0.25) is 9.58 Å². The molecule has 0 radical (unpaired) electrons. The third-order valence-corrected chi connectivity index (χ3v) is 4.29. The molecule has 1 aliphatic heterocycles. The molecule has 2 rings (SSSR count). The van der Waals surface area contributed by atoms with E-state index in [1.807, 2.05) is 17.9 Å². The van der Waals surface area contributed by atoms with Crippen molar-refractivity contribution in [2.24, 2.45) is 12.8 Å². The highest BCUT2D eigenvalue weighted by Gasteiger charge is 2.33. The normalized spacial score (nSPS) is 20.0. The van der Waals surface area contributed by atoms with E-state index in [0.717, 1.165) is 6.42 Å². The quantitative estimate of drug-likeness (QED) is 0.882. The van der Waals surface area contributed by atoms with E-state index in [1.165, 1.54) is 37.9 Å². The fourth-order valence-electron chi connectivity index (χ4n) is 2.79. The number of rotatable bonds is 4. The largest absolute Gasteiger partial charge is 0.326 e. The monoisotopic (exact) mass is 250 g/mol. The number of nitrogens with zero attached hydrogens (tertiary/aromatic N) is 3. The lowest BCUT2D eigenvalue weighted by Crippen LogP contribution is -2.58. The van der Waals surface area contributed by atoms with E-state index in [1.54, 1.807) is 0 Å². The van der Waals surface area contributed by atoms with E-state index in [-0.39, 0.29) is 11.6 Å². The summed E-state index contributed by atoms with van der Waals surface area (Å²) >= 11 is 0. The minimum absolute atomic E-state index is 0.0657. The first-order valence-corrected chi connectivity index (χ1v) is 6.98. The van der Waals surface area contributed by atoms with Gasteiger partial charge in [0.2, 0.25) is 0 Å². The van der Waals surface area contributed by atoms with Crippen molar-refractivity contribution in [3.8, 4) is 0 Å². The van der Waals surface area contributed by atoms with Crippen molar-refractivity contribution in [2.45, 2.75) is 51.1 Å². The molecule has 0 bridgehead atoms. The van der Waals surface area contributed by atoms with Gasteiger partial charge >= 0.3 is 0 Å². The first-order chi connectivity index (χ1) is 8.50. The lowest BCUT2D eigenvalue weighted by Gasteiger charge is -2.44. The molecule has 1 fully saturated rings. The second-order valence-electron chi connectivity index (χ2n) is 6.03. The van der Waals surface area contributed by atoms with E-state index in [2.05, 4.69) is 30.0 Å². The summed E-state index contributed by atoms with van der Waals surface area (Å²) in [7, 11) is 1.95. The van der Waals surface area contributed by atoms with Gasteiger partial charge < -0.3 is 5.73 Å². The van der Waals surface area contributed by atoms with Crippen molar-refractivity contribution in [3.63, 3.8) is 0 Å². The number of aromatic nitrogens is 2. The number of aryl methyl sites for hydroxylation is 1. The maximum Gasteiger partial charge on any atom is 0.0522 e. The molecule has 2 heterocycles. The minimum Gasteiger partial charge on any atom is -0.326 e. The van der Waals surface area contributed by atoms with E-state index < -0.39 is 0 Å². The molecule has 0 spiro atoms. The third-order valence-electron chi connectivity index (χ3n) is 4.29. The Hall–Kier alpha value is -0.870. The van der Waals surface area contributed by atoms with Crippen LogP contribution in [0.2, 0.25) is 0 Å². The van der Waals surface area contributed by atoms with Crippen LogP contribution >= 0.6 is 0 Å². The topological polar surface area (TPSA) is 47.1 Å². The predicted molar refractivity (Wildman–Crippen MR) is 74.4 cm³/mol. The maximum atomic E-state index is 6.44. The Labute approximate surface area is 110 Å². The van der Waals surface area contributed by atoms with Crippen LogP contribution in [-0.4, -0.2) is 39.4 Å². The second-order valence-corrected chi connectivity index (χ2v) is 6.03. The molecule has 0 aromatic carbocycles. The summed E-state index contributed by atoms with van der Waals surface area (Å²) in [5.74, 6) is 0.